The molecule has 0 radical (unpaired) electrons. The molecule has 0 aliphatic rings. The molecule has 2 nitrogen and oxygen atoms in total. The second-order valence-electron chi connectivity index (χ2n) is 6.43. The maximum absolute atomic E-state index is 6.80. The predicted molar refractivity (Wildman–Crippen MR) is 102 cm³/mol. The summed E-state index contributed by atoms with van der Waals surface area (Å²) >= 11 is 0. The Kier molecular flexibility index (Phi) is 5.57. The summed E-state index contributed by atoms with van der Waals surface area (Å²) in [6, 6.07) is 21.3. The highest BCUT2D eigenvalue weighted by Crippen LogP contribution is 2.17. The zero-order chi connectivity index (χ0) is 16.2. The van der Waals surface area contributed by atoms with Crippen LogP contribution < -0.4 is 10.4 Å². The molecule has 0 aliphatic heterocycles. The van der Waals surface area contributed by atoms with Crippen LogP contribution in [0.5, 0.6) is 0 Å². The molecule has 0 aliphatic carbocycles. The van der Waals surface area contributed by atoms with Gasteiger partial charge < -0.3 is 8.23 Å². The summed E-state index contributed by atoms with van der Waals surface area (Å²) in [5, 5.41) is 2.60. The van der Waals surface area contributed by atoms with Crippen molar-refractivity contribution in [1.29, 1.82) is 0 Å². The summed E-state index contributed by atoms with van der Waals surface area (Å²) in [5.41, 5.74) is 0. The van der Waals surface area contributed by atoms with Crippen LogP contribution in [0, 0.1) is 0 Å². The Morgan fingerprint density at radius 2 is 1.14 bits per heavy atom. The average Bonchev–Trinajstić information content (AvgIpc) is 2.47. The van der Waals surface area contributed by atoms with E-state index in [0.29, 0.717) is 0 Å². The van der Waals surface area contributed by atoms with Crippen LogP contribution >= 0.6 is 0 Å². The van der Waals surface area contributed by atoms with Crippen molar-refractivity contribution in [3.05, 3.63) is 60.7 Å². The van der Waals surface area contributed by atoms with Crippen LogP contribution in [0.15, 0.2) is 60.7 Å². The zero-order valence-corrected chi connectivity index (χ0v) is 17.3. The van der Waals surface area contributed by atoms with E-state index in [2.05, 4.69) is 93.4 Å². The molecule has 0 spiro atoms. The monoisotopic (exact) mass is 346 g/mol. The van der Waals surface area contributed by atoms with Gasteiger partial charge in [0.05, 0.1) is 0 Å². The van der Waals surface area contributed by atoms with Crippen molar-refractivity contribution < 1.29 is 8.23 Å². The topological polar surface area (TPSA) is 18.5 Å². The molecule has 0 bridgehead atoms. The van der Waals surface area contributed by atoms with Crippen LogP contribution in [0.25, 0.3) is 0 Å². The Balaban J connectivity index is 2.43. The summed E-state index contributed by atoms with van der Waals surface area (Å²) in [5.74, 6) is 0. The van der Waals surface area contributed by atoms with Crippen LogP contribution in [-0.4, -0.2) is 25.9 Å². The smallest absolute Gasteiger partial charge is 0.311 e. The minimum absolute atomic E-state index is 1.11. The third-order valence-corrected chi connectivity index (χ3v) is 14.2. The van der Waals surface area contributed by atoms with Gasteiger partial charge in [-0.25, -0.2) is 0 Å². The van der Waals surface area contributed by atoms with Crippen LogP contribution in [-0.2, 0) is 8.23 Å². The van der Waals surface area contributed by atoms with Crippen molar-refractivity contribution in [2.45, 2.75) is 32.7 Å². The van der Waals surface area contributed by atoms with Gasteiger partial charge >= 0.3 is 8.56 Å². The van der Waals surface area contributed by atoms with Crippen molar-refractivity contribution in [1.82, 2.24) is 0 Å². The largest absolute Gasteiger partial charge is 0.440 e. The third kappa shape index (κ3) is 4.27. The number of hydrogen-bond acceptors (Lipinski definition) is 2. The van der Waals surface area contributed by atoms with Crippen molar-refractivity contribution >= 4 is 36.3 Å². The van der Waals surface area contributed by atoms with Crippen molar-refractivity contribution in [3.8, 4) is 0 Å². The first-order valence-electron chi connectivity index (χ1n) is 7.82. The first-order chi connectivity index (χ1) is 10.3. The van der Waals surface area contributed by atoms with E-state index < -0.39 is 25.9 Å². The van der Waals surface area contributed by atoms with Gasteiger partial charge in [-0.15, -0.1) is 0 Å². The predicted octanol–water partition coefficient (Wildman–Crippen LogP) is 3.09. The zero-order valence-electron chi connectivity index (χ0n) is 14.2. The van der Waals surface area contributed by atoms with Gasteiger partial charge in [0, 0.05) is 0 Å². The van der Waals surface area contributed by atoms with Crippen molar-refractivity contribution in [2.75, 3.05) is 0 Å². The lowest BCUT2D eigenvalue weighted by Gasteiger charge is -2.37. The lowest BCUT2D eigenvalue weighted by Crippen LogP contribution is -2.64. The fourth-order valence-electron chi connectivity index (χ4n) is 2.88. The maximum Gasteiger partial charge on any atom is 0.311 e. The SMILES string of the molecule is C[SiH](C)O[Si](C)(C)O[Si](C)(c1ccccc1)c1ccccc1. The van der Waals surface area contributed by atoms with E-state index in [4.69, 9.17) is 8.23 Å². The van der Waals surface area contributed by atoms with E-state index in [0.717, 1.165) is 0 Å². The van der Waals surface area contributed by atoms with Gasteiger partial charge in [0.25, 0.3) is 0 Å². The Morgan fingerprint density at radius 1 is 0.727 bits per heavy atom. The lowest BCUT2D eigenvalue weighted by molar-refractivity contribution is 0.410. The Labute approximate surface area is 138 Å². The first-order valence-corrected chi connectivity index (χ1v) is 15.8. The molecular weight excluding hydrogens is 320 g/mol. The molecule has 2 aromatic rings. The molecule has 0 atom stereocenters. The molecule has 2 aromatic carbocycles. The molecule has 22 heavy (non-hydrogen) atoms. The van der Waals surface area contributed by atoms with Crippen molar-refractivity contribution in [3.63, 3.8) is 0 Å². The van der Waals surface area contributed by atoms with E-state index in [1.54, 1.807) is 0 Å². The second kappa shape index (κ2) is 7.06. The summed E-state index contributed by atoms with van der Waals surface area (Å²) in [6.07, 6.45) is 0. The lowest BCUT2D eigenvalue weighted by atomic mass is 10.4. The fraction of sp³-hybridized carbons (Fsp3) is 0.294. The Hall–Kier alpha value is -0.989. The average molecular weight is 347 g/mol. The first kappa shape index (κ1) is 17.4. The van der Waals surface area contributed by atoms with Gasteiger partial charge in [0.15, 0.2) is 9.04 Å². The van der Waals surface area contributed by atoms with Gasteiger partial charge in [0.1, 0.15) is 0 Å². The molecule has 0 unspecified atom stereocenters. The highest BCUT2D eigenvalue weighted by atomic mass is 28.5. The van der Waals surface area contributed by atoms with Gasteiger partial charge in [-0.3, -0.25) is 0 Å². The Bertz CT molecular complexity index is 546. The standard InChI is InChI=1S/C17H26O2Si3/c1-20(2)18-21(3,4)19-22(5,16-12-8-6-9-13-16)17-14-10-7-11-15-17/h6-15,20H,1-5H3. The maximum atomic E-state index is 6.80. The Morgan fingerprint density at radius 3 is 1.50 bits per heavy atom. The highest BCUT2D eigenvalue weighted by Gasteiger charge is 2.41. The minimum Gasteiger partial charge on any atom is -0.440 e. The summed E-state index contributed by atoms with van der Waals surface area (Å²) in [7, 11) is -5.50. The van der Waals surface area contributed by atoms with E-state index in [9.17, 15) is 0 Å². The van der Waals surface area contributed by atoms with Gasteiger partial charge in [-0.2, -0.15) is 0 Å². The summed E-state index contributed by atoms with van der Waals surface area (Å²) in [4.78, 5) is 0. The number of hydrogen-bond donors (Lipinski definition) is 0. The molecule has 2 rings (SSSR count). The molecule has 0 amide bonds. The third-order valence-electron chi connectivity index (χ3n) is 3.62. The molecule has 0 fully saturated rings. The summed E-state index contributed by atoms with van der Waals surface area (Å²) in [6.45, 7) is 11.1. The number of rotatable bonds is 6. The van der Waals surface area contributed by atoms with Crippen molar-refractivity contribution in [2.24, 2.45) is 0 Å². The van der Waals surface area contributed by atoms with Gasteiger partial charge in [-0.1, -0.05) is 60.7 Å². The van der Waals surface area contributed by atoms with E-state index >= 15 is 0 Å². The molecule has 0 saturated heterocycles. The van der Waals surface area contributed by atoms with E-state index in [1.165, 1.54) is 10.4 Å². The molecule has 0 aromatic heterocycles. The second-order valence-corrected chi connectivity index (χ2v) is 16.3. The molecule has 0 N–H and O–H groups in total. The normalized spacial score (nSPS) is 12.6. The molecule has 0 heterocycles. The van der Waals surface area contributed by atoms with E-state index in [-0.39, 0.29) is 0 Å². The van der Waals surface area contributed by atoms with Crippen LogP contribution in [0.4, 0.5) is 0 Å². The van der Waals surface area contributed by atoms with E-state index in [1.807, 2.05) is 0 Å². The summed E-state index contributed by atoms with van der Waals surface area (Å²) < 4.78 is 13.1. The molecule has 118 valence electrons. The van der Waals surface area contributed by atoms with Gasteiger partial charge in [0.2, 0.25) is 8.32 Å². The molecule has 0 saturated carbocycles. The quantitative estimate of drug-likeness (QED) is 0.748. The molecular formula is C17H26O2Si3. The van der Waals surface area contributed by atoms with Crippen LogP contribution in [0.1, 0.15) is 0 Å². The van der Waals surface area contributed by atoms with Gasteiger partial charge in [-0.05, 0) is 43.1 Å². The molecule has 5 heteroatoms. The fourth-order valence-corrected chi connectivity index (χ4v) is 14.9. The highest BCUT2D eigenvalue weighted by molar-refractivity contribution is 7.01. The van der Waals surface area contributed by atoms with Crippen LogP contribution in [0.2, 0.25) is 32.7 Å². The van der Waals surface area contributed by atoms with Crippen LogP contribution in [0.3, 0.4) is 0 Å². The minimum atomic E-state index is -2.24. The number of benzene rings is 2.